The highest BCUT2D eigenvalue weighted by Gasteiger charge is 2.36. The van der Waals surface area contributed by atoms with Crippen LogP contribution < -0.4 is 14.4 Å². The van der Waals surface area contributed by atoms with E-state index in [4.69, 9.17) is 4.74 Å². The van der Waals surface area contributed by atoms with Crippen LogP contribution in [0.1, 0.15) is 11.1 Å². The minimum absolute atomic E-state index is 0.227. The Morgan fingerprint density at radius 3 is 2.48 bits per heavy atom. The molecule has 1 aliphatic heterocycles. The Morgan fingerprint density at radius 1 is 0.939 bits per heavy atom. The standard InChI is InChI=1S/C26H22N2O4S/c1-18-13-14-21(23(15-18)32-17-19-7-3-2-4-8-19)27-25(29)16-28-22-11-5-9-20-10-6-12-24(26(20)22)33(28,30)31/h2-15H,16-17H2,1H3,(H,27,29). The molecule has 33 heavy (non-hydrogen) atoms. The van der Waals surface area contributed by atoms with Crippen LogP contribution in [-0.4, -0.2) is 20.9 Å². The fourth-order valence-corrected chi connectivity index (χ4v) is 5.70. The van der Waals surface area contributed by atoms with Gasteiger partial charge in [0.15, 0.2) is 0 Å². The van der Waals surface area contributed by atoms with E-state index in [1.807, 2.05) is 61.5 Å². The van der Waals surface area contributed by atoms with Crippen molar-refractivity contribution in [2.45, 2.75) is 18.4 Å². The van der Waals surface area contributed by atoms with E-state index >= 15 is 0 Å². The molecule has 1 N–H and O–H groups in total. The molecule has 0 saturated heterocycles. The molecule has 0 bridgehead atoms. The van der Waals surface area contributed by atoms with Gasteiger partial charge in [-0.3, -0.25) is 9.10 Å². The highest BCUT2D eigenvalue weighted by Crippen LogP contribution is 2.41. The quantitative estimate of drug-likeness (QED) is 0.447. The van der Waals surface area contributed by atoms with E-state index in [0.717, 1.165) is 16.5 Å². The monoisotopic (exact) mass is 458 g/mol. The number of amides is 1. The van der Waals surface area contributed by atoms with Crippen LogP contribution in [0, 0.1) is 6.92 Å². The summed E-state index contributed by atoms with van der Waals surface area (Å²) in [6, 6.07) is 25.8. The van der Waals surface area contributed by atoms with Gasteiger partial charge in [0.25, 0.3) is 10.0 Å². The van der Waals surface area contributed by atoms with Gasteiger partial charge < -0.3 is 10.1 Å². The zero-order valence-electron chi connectivity index (χ0n) is 18.0. The molecule has 0 unspecified atom stereocenters. The minimum Gasteiger partial charge on any atom is -0.487 e. The van der Waals surface area contributed by atoms with Gasteiger partial charge in [0, 0.05) is 5.39 Å². The maximum absolute atomic E-state index is 13.1. The molecule has 5 rings (SSSR count). The number of aryl methyl sites for hydroxylation is 1. The van der Waals surface area contributed by atoms with Crippen LogP contribution in [0.5, 0.6) is 5.75 Å². The lowest BCUT2D eigenvalue weighted by Gasteiger charge is -2.19. The molecular weight excluding hydrogens is 436 g/mol. The van der Waals surface area contributed by atoms with Crippen molar-refractivity contribution >= 4 is 38.1 Å². The van der Waals surface area contributed by atoms with Gasteiger partial charge >= 0.3 is 0 Å². The molecule has 0 aromatic heterocycles. The van der Waals surface area contributed by atoms with Crippen LogP contribution in [0.25, 0.3) is 10.8 Å². The lowest BCUT2D eigenvalue weighted by atomic mass is 10.1. The second-order valence-corrected chi connectivity index (χ2v) is 9.80. The van der Waals surface area contributed by atoms with Crippen LogP contribution >= 0.6 is 0 Å². The van der Waals surface area contributed by atoms with Gasteiger partial charge in [0.05, 0.1) is 16.3 Å². The number of nitrogens with one attached hydrogen (secondary N) is 1. The summed E-state index contributed by atoms with van der Waals surface area (Å²) in [5, 5.41) is 4.30. The number of anilines is 2. The van der Waals surface area contributed by atoms with E-state index in [1.54, 1.807) is 30.3 Å². The molecule has 7 heteroatoms. The van der Waals surface area contributed by atoms with Crippen molar-refractivity contribution < 1.29 is 17.9 Å². The molecule has 0 fully saturated rings. The predicted octanol–water partition coefficient (Wildman–Crippen LogP) is 4.87. The fraction of sp³-hybridized carbons (Fsp3) is 0.115. The Bertz CT molecular complexity index is 1460. The van der Waals surface area contributed by atoms with Crippen LogP contribution in [-0.2, 0) is 21.4 Å². The second kappa shape index (κ2) is 8.26. The van der Waals surface area contributed by atoms with Crippen molar-refractivity contribution in [3.8, 4) is 5.75 Å². The highest BCUT2D eigenvalue weighted by atomic mass is 32.2. The fourth-order valence-electron chi connectivity index (χ4n) is 4.04. The van der Waals surface area contributed by atoms with Crippen molar-refractivity contribution in [3.63, 3.8) is 0 Å². The van der Waals surface area contributed by atoms with E-state index < -0.39 is 15.9 Å². The zero-order chi connectivity index (χ0) is 23.0. The molecule has 0 saturated carbocycles. The molecule has 4 aromatic rings. The molecule has 6 nitrogen and oxygen atoms in total. The first kappa shape index (κ1) is 21.0. The van der Waals surface area contributed by atoms with Crippen molar-refractivity contribution in [2.24, 2.45) is 0 Å². The van der Waals surface area contributed by atoms with Crippen molar-refractivity contribution in [1.82, 2.24) is 0 Å². The lowest BCUT2D eigenvalue weighted by Crippen LogP contribution is -2.35. The number of hydrogen-bond donors (Lipinski definition) is 1. The number of ether oxygens (including phenoxy) is 1. The number of nitrogens with zero attached hydrogens (tertiary/aromatic N) is 1. The largest absolute Gasteiger partial charge is 0.487 e. The normalized spacial score (nSPS) is 13.8. The van der Waals surface area contributed by atoms with Gasteiger partial charge in [-0.05, 0) is 47.7 Å². The first-order chi connectivity index (χ1) is 15.9. The molecule has 1 amide bonds. The summed E-state index contributed by atoms with van der Waals surface area (Å²) in [7, 11) is -3.81. The van der Waals surface area contributed by atoms with Gasteiger partial charge in [-0.2, -0.15) is 0 Å². The van der Waals surface area contributed by atoms with E-state index in [0.29, 0.717) is 29.1 Å². The molecule has 1 heterocycles. The Balaban J connectivity index is 1.38. The van der Waals surface area contributed by atoms with E-state index in [9.17, 15) is 13.2 Å². The van der Waals surface area contributed by atoms with Crippen LogP contribution in [0.4, 0.5) is 11.4 Å². The number of benzene rings is 4. The summed E-state index contributed by atoms with van der Waals surface area (Å²) in [5.41, 5.74) is 3.00. The molecule has 0 spiro atoms. The zero-order valence-corrected chi connectivity index (χ0v) is 18.8. The minimum atomic E-state index is -3.81. The number of rotatable bonds is 6. The third-order valence-electron chi connectivity index (χ3n) is 5.62. The average Bonchev–Trinajstić information content (AvgIpc) is 3.03. The van der Waals surface area contributed by atoms with E-state index in [1.165, 1.54) is 4.31 Å². The molecule has 0 atom stereocenters. The first-order valence-corrected chi connectivity index (χ1v) is 12.0. The molecule has 166 valence electrons. The number of carbonyl (C=O) groups is 1. The molecule has 1 aliphatic rings. The van der Waals surface area contributed by atoms with E-state index in [-0.39, 0.29) is 11.4 Å². The maximum atomic E-state index is 13.1. The van der Waals surface area contributed by atoms with Crippen LogP contribution in [0.15, 0.2) is 89.8 Å². The smallest absolute Gasteiger partial charge is 0.265 e. The summed E-state index contributed by atoms with van der Waals surface area (Å²) in [6.07, 6.45) is 0. The van der Waals surface area contributed by atoms with Crippen molar-refractivity contribution in [1.29, 1.82) is 0 Å². The Labute approximate surface area is 192 Å². The maximum Gasteiger partial charge on any atom is 0.265 e. The number of hydrogen-bond acceptors (Lipinski definition) is 4. The van der Waals surface area contributed by atoms with Crippen molar-refractivity contribution in [3.05, 3.63) is 96.1 Å². The van der Waals surface area contributed by atoms with Gasteiger partial charge in [-0.15, -0.1) is 0 Å². The molecule has 0 radical (unpaired) electrons. The second-order valence-electron chi connectivity index (χ2n) is 7.97. The number of sulfonamides is 1. The van der Waals surface area contributed by atoms with Gasteiger partial charge in [0.1, 0.15) is 18.9 Å². The van der Waals surface area contributed by atoms with Gasteiger partial charge in [-0.25, -0.2) is 8.42 Å². The summed E-state index contributed by atoms with van der Waals surface area (Å²) >= 11 is 0. The van der Waals surface area contributed by atoms with Crippen molar-refractivity contribution in [2.75, 3.05) is 16.2 Å². The molecular formula is C26H22N2O4S. The third-order valence-corrected chi connectivity index (χ3v) is 7.42. The third kappa shape index (κ3) is 3.91. The van der Waals surface area contributed by atoms with E-state index in [2.05, 4.69) is 5.32 Å². The lowest BCUT2D eigenvalue weighted by molar-refractivity contribution is -0.114. The molecule has 0 aliphatic carbocycles. The Morgan fingerprint density at radius 2 is 1.70 bits per heavy atom. The molecule has 4 aromatic carbocycles. The predicted molar refractivity (Wildman–Crippen MR) is 129 cm³/mol. The van der Waals surface area contributed by atoms with Crippen LogP contribution in [0.2, 0.25) is 0 Å². The Hall–Kier alpha value is -3.84. The summed E-state index contributed by atoms with van der Waals surface area (Å²) in [5.74, 6) is 0.0821. The van der Waals surface area contributed by atoms with Gasteiger partial charge in [-0.1, -0.05) is 60.7 Å². The summed E-state index contributed by atoms with van der Waals surface area (Å²) in [4.78, 5) is 13.2. The summed E-state index contributed by atoms with van der Waals surface area (Å²) in [6.45, 7) is 1.96. The highest BCUT2D eigenvalue weighted by molar-refractivity contribution is 7.93. The van der Waals surface area contributed by atoms with Gasteiger partial charge in [0.2, 0.25) is 5.91 Å². The average molecular weight is 459 g/mol. The Kier molecular flexibility index (Phi) is 5.26. The SMILES string of the molecule is Cc1ccc(NC(=O)CN2c3cccc4cccc(c34)S2(=O)=O)c(OCc2ccccc2)c1. The topological polar surface area (TPSA) is 75.7 Å². The number of carbonyl (C=O) groups excluding carboxylic acids is 1. The van der Waals surface area contributed by atoms with Crippen LogP contribution in [0.3, 0.4) is 0 Å². The summed E-state index contributed by atoms with van der Waals surface area (Å²) < 4.78 is 33.4. The first-order valence-electron chi connectivity index (χ1n) is 10.6.